The number of carbonyl (C=O) groups excluding carboxylic acids is 4. The van der Waals surface area contributed by atoms with Gasteiger partial charge in [0.05, 0.1) is 63.2 Å². The zero-order valence-corrected chi connectivity index (χ0v) is 46.4. The van der Waals surface area contributed by atoms with Gasteiger partial charge in [-0.25, -0.2) is 26.8 Å². The summed E-state index contributed by atoms with van der Waals surface area (Å²) in [4.78, 5) is 56.5. The number of imidazole rings is 2. The molecule has 0 spiro atoms. The van der Waals surface area contributed by atoms with Gasteiger partial charge in [0.25, 0.3) is 11.8 Å². The number of nitrogens with one attached hydrogen (secondary N) is 3. The molecule has 4 amide bonds. The number of benzene rings is 6. The predicted octanol–water partition coefficient (Wildman–Crippen LogP) is 8.44. The van der Waals surface area contributed by atoms with Gasteiger partial charge in [-0.05, 0) is 83.9 Å². The lowest BCUT2D eigenvalue weighted by Crippen LogP contribution is -2.31. The van der Waals surface area contributed by atoms with Gasteiger partial charge in [0.15, 0.2) is 42.7 Å². The Morgan fingerprint density at radius 3 is 1.53 bits per heavy atom. The zero-order chi connectivity index (χ0) is 63.2. The number of hydrogen-bond acceptors (Lipinski definition) is 14. The first-order valence-electron chi connectivity index (χ1n) is 25.4. The molecular weight excluding hydrogens is 1220 g/mol. The smallest absolute Gasteiger partial charge is 0.395 e. The number of aromatic nitrogens is 4. The molecule has 0 bridgehead atoms. The summed E-state index contributed by atoms with van der Waals surface area (Å²) in [5.74, 6) is -7.84. The van der Waals surface area contributed by atoms with E-state index in [0.717, 1.165) is 21.3 Å². The van der Waals surface area contributed by atoms with E-state index in [1.54, 1.807) is 0 Å². The van der Waals surface area contributed by atoms with Crippen LogP contribution in [0, 0.1) is 0 Å². The third-order valence-electron chi connectivity index (χ3n) is 13.3. The molecule has 1 unspecified atom stereocenters. The Morgan fingerprint density at radius 2 is 1.08 bits per heavy atom. The molecule has 0 radical (unpaired) electrons. The second-order valence-corrected chi connectivity index (χ2v) is 23.5. The Morgan fingerprint density at radius 1 is 0.621 bits per heavy atom. The molecule has 5 N–H and O–H groups in total. The molecule has 87 heavy (non-hydrogen) atoms. The molecule has 4 heterocycles. The second kappa shape index (κ2) is 23.4. The van der Waals surface area contributed by atoms with Crippen molar-refractivity contribution in [1.29, 1.82) is 0 Å². The summed E-state index contributed by atoms with van der Waals surface area (Å²) in [5, 5.41) is 7.43. The van der Waals surface area contributed by atoms with E-state index in [1.807, 2.05) is 0 Å². The van der Waals surface area contributed by atoms with Gasteiger partial charge in [0.1, 0.15) is 5.75 Å². The van der Waals surface area contributed by atoms with Crippen LogP contribution in [0.25, 0.3) is 22.1 Å². The number of rotatable bonds is 17. The fraction of sp³-hybridized carbons (Fsp3) is 0.236. The second-order valence-electron chi connectivity index (χ2n) is 19.2. The molecule has 20 nitrogen and oxygen atoms in total. The highest BCUT2D eigenvalue weighted by molar-refractivity contribution is 7.92. The maximum absolute atomic E-state index is 14.0. The summed E-state index contributed by atoms with van der Waals surface area (Å²) in [7, 11) is -6.05. The number of amides is 4. The molecule has 0 aliphatic carbocycles. The molecule has 2 aliphatic rings. The number of carbonyl (C=O) groups is 4. The number of alkyl halides is 10. The molecule has 0 saturated heterocycles. The number of sulfone groups is 2. The van der Waals surface area contributed by atoms with Gasteiger partial charge >= 0.3 is 24.9 Å². The van der Waals surface area contributed by atoms with Crippen LogP contribution in [0.3, 0.4) is 0 Å². The zero-order valence-electron chi connectivity index (χ0n) is 44.7. The summed E-state index contributed by atoms with van der Waals surface area (Å²) >= 11 is 0. The minimum absolute atomic E-state index is 0.00579. The molecule has 2 aromatic heterocycles. The summed E-state index contributed by atoms with van der Waals surface area (Å²) in [6.45, 7) is 0.341. The number of hydrogen-bond donors (Lipinski definition) is 4. The van der Waals surface area contributed by atoms with E-state index in [-0.39, 0.29) is 84.3 Å². The van der Waals surface area contributed by atoms with Crippen LogP contribution in [0.1, 0.15) is 74.0 Å². The summed E-state index contributed by atoms with van der Waals surface area (Å²) < 4.78 is 207. The van der Waals surface area contributed by atoms with E-state index in [1.165, 1.54) is 123 Å². The molecule has 2 aliphatic heterocycles. The van der Waals surface area contributed by atoms with E-state index in [2.05, 4.69) is 44.9 Å². The fourth-order valence-electron chi connectivity index (χ4n) is 9.13. The Bertz CT molecular complexity index is 4250. The van der Waals surface area contributed by atoms with Crippen molar-refractivity contribution in [3.05, 3.63) is 166 Å². The van der Waals surface area contributed by atoms with Crippen molar-refractivity contribution in [2.45, 2.75) is 73.8 Å². The average molecular weight is 1260 g/mol. The van der Waals surface area contributed by atoms with Crippen molar-refractivity contribution >= 4 is 65.4 Å². The number of halogens is 10. The van der Waals surface area contributed by atoms with Crippen molar-refractivity contribution in [2.75, 3.05) is 18.6 Å². The molecule has 458 valence electrons. The van der Waals surface area contributed by atoms with Crippen LogP contribution in [-0.2, 0) is 61.3 Å². The maximum atomic E-state index is 14.0. The summed E-state index contributed by atoms with van der Waals surface area (Å²) in [5.41, 5.74) is 5.63. The van der Waals surface area contributed by atoms with Crippen LogP contribution in [0.2, 0.25) is 0 Å². The Hall–Kier alpha value is -9.46. The molecule has 0 fully saturated rings. The van der Waals surface area contributed by atoms with Gasteiger partial charge in [0, 0.05) is 35.8 Å². The highest BCUT2D eigenvalue weighted by atomic mass is 32.2. The van der Waals surface area contributed by atoms with Crippen molar-refractivity contribution in [3.63, 3.8) is 0 Å². The number of ether oxygens (including phenoxy) is 4. The largest absolute Gasteiger partial charge is 0.586 e. The molecule has 1 atom stereocenters. The van der Waals surface area contributed by atoms with E-state index in [9.17, 15) is 79.9 Å². The Balaban J connectivity index is 0.000000208. The first-order chi connectivity index (χ1) is 40.7. The Labute approximate surface area is 485 Å². The van der Waals surface area contributed by atoms with Crippen LogP contribution in [0.4, 0.5) is 43.9 Å². The number of fused-ring (bicyclic) bond motifs is 4. The van der Waals surface area contributed by atoms with Crippen LogP contribution in [0.5, 0.6) is 23.0 Å². The first-order valence-corrected chi connectivity index (χ1v) is 28.7. The Kier molecular flexibility index (Phi) is 16.7. The fourth-order valence-corrected chi connectivity index (χ4v) is 11.2. The molecule has 0 saturated carbocycles. The van der Waals surface area contributed by atoms with E-state index in [4.69, 9.17) is 5.73 Å². The number of primary amides is 1. The molecular formula is C55H44F10N8O12S2. The lowest BCUT2D eigenvalue weighted by Gasteiger charge is -2.18. The van der Waals surface area contributed by atoms with Crippen LogP contribution < -0.4 is 40.6 Å². The van der Waals surface area contributed by atoms with E-state index in [0.29, 0.717) is 11.1 Å². The molecule has 8 aromatic rings. The van der Waals surface area contributed by atoms with Crippen molar-refractivity contribution in [2.24, 2.45) is 5.73 Å². The van der Waals surface area contributed by atoms with Gasteiger partial charge in [-0.1, -0.05) is 55.5 Å². The lowest BCUT2D eigenvalue weighted by molar-refractivity contribution is -0.287. The third-order valence-corrected chi connectivity index (χ3v) is 16.7. The molecule has 6 aromatic carbocycles. The van der Waals surface area contributed by atoms with Crippen LogP contribution >= 0.6 is 0 Å². The standard InChI is InChI=1S/C28H23F5N4O6S.C27H21F5N4O6S/c1-2-44(40,41)18-9-6-15(7-10-18)19(13-23(34)38)35-25(39)16-8-11-21-20(12-16)36-26(27(29,30)31)37(21)14-17-4-3-5-22-24(17)43-28(32,33)42-22;1-33-22(37)14-43(39,40)18-8-5-15(6-9-18)12-34-24(38)16-7-10-20-19(11-16)35-25(26(28,29)30)36(20)13-17-3-2-4-21-23(17)42-27(31,32)41-21/h3-12,19H,2,13-14H2,1H3,(H2,34,38)(H,35,39);2-11H,12-14H2,1H3,(H,33,37)(H,34,38). The SMILES string of the molecule is CCS(=O)(=O)c1ccc(C(CC(N)=O)NC(=O)c2ccc3c(c2)nc(C(F)(F)F)n3Cc2cccc3c2OC(F)(F)O3)cc1.CNC(=O)CS(=O)(=O)c1ccc(CNC(=O)c2ccc3c(c2)nc(C(F)(F)F)n3Cc2cccc3c2OC(F)(F)O3)cc1. The van der Waals surface area contributed by atoms with Gasteiger partial charge < -0.3 is 49.8 Å². The van der Waals surface area contributed by atoms with Gasteiger partial charge in [-0.15, -0.1) is 17.6 Å². The van der Waals surface area contributed by atoms with Gasteiger partial charge in [-0.2, -0.15) is 26.3 Å². The topological polar surface area (TPSA) is 271 Å². The predicted molar refractivity (Wildman–Crippen MR) is 285 cm³/mol. The van der Waals surface area contributed by atoms with Gasteiger partial charge in [0.2, 0.25) is 23.5 Å². The summed E-state index contributed by atoms with van der Waals surface area (Å²) in [6, 6.07) is 24.9. The normalized spacial score (nSPS) is 14.5. The van der Waals surface area contributed by atoms with Crippen LogP contribution in [0.15, 0.2) is 131 Å². The molecule has 32 heteroatoms. The van der Waals surface area contributed by atoms with E-state index < -0.39 is 116 Å². The quantitative estimate of drug-likeness (QED) is 0.0623. The highest BCUT2D eigenvalue weighted by Crippen LogP contribution is 2.46. The third kappa shape index (κ3) is 13.8. The first kappa shape index (κ1) is 62.1. The number of nitrogens with zero attached hydrogens (tertiary/aromatic N) is 4. The van der Waals surface area contributed by atoms with Crippen molar-refractivity contribution < 1.29 is 98.9 Å². The lowest BCUT2D eigenvalue weighted by atomic mass is 10.0. The average Bonchev–Trinajstić information content (AvgIpc) is 1.68. The monoisotopic (exact) mass is 1260 g/mol. The van der Waals surface area contributed by atoms with Crippen molar-refractivity contribution in [1.82, 2.24) is 35.1 Å². The molecule has 10 rings (SSSR count). The number of nitrogens with two attached hydrogens (primary N) is 1. The van der Waals surface area contributed by atoms with Crippen LogP contribution in [-0.4, -0.2) is 90.7 Å². The minimum atomic E-state index is -4.95. The number of para-hydroxylation sites is 2. The minimum Gasteiger partial charge on any atom is -0.395 e. The summed E-state index contributed by atoms with van der Waals surface area (Å²) in [6.07, 6.45) is -18.2. The maximum Gasteiger partial charge on any atom is 0.586 e. The van der Waals surface area contributed by atoms with Crippen molar-refractivity contribution in [3.8, 4) is 23.0 Å². The highest BCUT2D eigenvalue weighted by Gasteiger charge is 2.47. The van der Waals surface area contributed by atoms with Gasteiger partial charge in [-0.3, -0.25) is 19.2 Å². The van der Waals surface area contributed by atoms with E-state index >= 15 is 0 Å².